The molecular weight excluding hydrogens is 370 g/mol. The molecule has 0 bridgehead atoms. The van der Waals surface area contributed by atoms with E-state index in [1.165, 1.54) is 11.8 Å². The number of rotatable bonds is 6. The molecule has 1 amide bonds. The van der Waals surface area contributed by atoms with Crippen LogP contribution in [-0.2, 0) is 11.2 Å². The molecule has 0 radical (unpaired) electrons. The Labute approximate surface area is 161 Å². The molecule has 0 aliphatic carbocycles. The molecule has 1 aliphatic rings. The topological polar surface area (TPSA) is 63.1 Å². The third-order valence-electron chi connectivity index (χ3n) is 3.68. The van der Waals surface area contributed by atoms with Gasteiger partial charge in [-0.2, -0.15) is 5.10 Å². The van der Waals surface area contributed by atoms with Gasteiger partial charge in [-0.05, 0) is 37.1 Å². The highest BCUT2D eigenvalue weighted by atomic mass is 35.5. The minimum Gasteiger partial charge on any atom is -0.494 e. The van der Waals surface area contributed by atoms with Gasteiger partial charge in [0.25, 0.3) is 0 Å². The molecule has 3 rings (SSSR count). The fourth-order valence-electron chi connectivity index (χ4n) is 2.41. The lowest BCUT2D eigenvalue weighted by Gasteiger charge is -2.07. The number of carbonyl (C=O) groups excluding carboxylic acids is 1. The first-order valence-electron chi connectivity index (χ1n) is 8.20. The van der Waals surface area contributed by atoms with Crippen molar-refractivity contribution in [2.24, 2.45) is 10.2 Å². The summed E-state index contributed by atoms with van der Waals surface area (Å²) < 4.78 is 5.43. The molecule has 1 heterocycles. The number of ether oxygens (including phenoxy) is 1. The fourth-order valence-corrected chi connectivity index (χ4v) is 3.56. The summed E-state index contributed by atoms with van der Waals surface area (Å²) in [6, 6.07) is 15.1. The van der Waals surface area contributed by atoms with Gasteiger partial charge in [-0.1, -0.05) is 53.7 Å². The van der Waals surface area contributed by atoms with E-state index in [9.17, 15) is 4.79 Å². The first-order chi connectivity index (χ1) is 12.7. The SMILES string of the molecule is CCOc1ccc(C[C@@H]2S/C(=N/N=C\c3ccccc3Cl)NC2=O)cc1. The maximum atomic E-state index is 12.1. The lowest BCUT2D eigenvalue weighted by Crippen LogP contribution is -2.25. The molecule has 0 unspecified atom stereocenters. The van der Waals surface area contributed by atoms with Gasteiger partial charge in [-0.25, -0.2) is 0 Å². The van der Waals surface area contributed by atoms with E-state index < -0.39 is 0 Å². The van der Waals surface area contributed by atoms with Gasteiger partial charge in [0, 0.05) is 10.6 Å². The van der Waals surface area contributed by atoms with Crippen molar-refractivity contribution in [3.8, 4) is 5.75 Å². The van der Waals surface area contributed by atoms with Crippen molar-refractivity contribution < 1.29 is 9.53 Å². The molecule has 0 saturated carbocycles. The molecular formula is C19H18ClN3O2S. The summed E-state index contributed by atoms with van der Waals surface area (Å²) in [6.45, 7) is 2.58. The van der Waals surface area contributed by atoms with Crippen LogP contribution in [-0.4, -0.2) is 29.1 Å². The number of amides is 1. The van der Waals surface area contributed by atoms with Crippen LogP contribution in [0.15, 0.2) is 58.7 Å². The number of benzene rings is 2. The average molecular weight is 388 g/mol. The van der Waals surface area contributed by atoms with Gasteiger partial charge in [-0.15, -0.1) is 5.10 Å². The number of amidine groups is 1. The first kappa shape index (κ1) is 18.5. The molecule has 134 valence electrons. The summed E-state index contributed by atoms with van der Waals surface area (Å²) >= 11 is 7.44. The van der Waals surface area contributed by atoms with E-state index in [0.29, 0.717) is 23.2 Å². The van der Waals surface area contributed by atoms with Crippen LogP contribution in [0.2, 0.25) is 5.02 Å². The zero-order valence-corrected chi connectivity index (χ0v) is 15.8. The van der Waals surface area contributed by atoms with Crippen LogP contribution in [0.25, 0.3) is 0 Å². The number of hydrogen-bond acceptors (Lipinski definition) is 5. The van der Waals surface area contributed by atoms with Gasteiger partial charge >= 0.3 is 0 Å². The molecule has 5 nitrogen and oxygen atoms in total. The molecule has 1 aliphatic heterocycles. The normalized spacial score (nSPS) is 18.5. The highest BCUT2D eigenvalue weighted by Gasteiger charge is 2.30. The second kappa shape index (κ2) is 8.87. The number of carbonyl (C=O) groups is 1. The van der Waals surface area contributed by atoms with E-state index in [1.807, 2.05) is 49.4 Å². The summed E-state index contributed by atoms with van der Waals surface area (Å²) in [5.74, 6) is 0.770. The Hall–Kier alpha value is -2.31. The zero-order valence-electron chi connectivity index (χ0n) is 14.2. The molecule has 0 spiro atoms. The van der Waals surface area contributed by atoms with E-state index in [-0.39, 0.29) is 11.2 Å². The summed E-state index contributed by atoms with van der Waals surface area (Å²) in [5, 5.41) is 11.7. The van der Waals surface area contributed by atoms with Crippen molar-refractivity contribution in [1.29, 1.82) is 0 Å². The number of nitrogens with zero attached hydrogens (tertiary/aromatic N) is 2. The zero-order chi connectivity index (χ0) is 18.4. The summed E-state index contributed by atoms with van der Waals surface area (Å²) in [7, 11) is 0. The fraction of sp³-hybridized carbons (Fsp3) is 0.211. The van der Waals surface area contributed by atoms with Crippen LogP contribution < -0.4 is 10.1 Å². The number of halogens is 1. The van der Waals surface area contributed by atoms with Crippen molar-refractivity contribution in [3.63, 3.8) is 0 Å². The van der Waals surface area contributed by atoms with Crippen LogP contribution in [0, 0.1) is 0 Å². The van der Waals surface area contributed by atoms with Gasteiger partial charge in [0.05, 0.1) is 18.1 Å². The van der Waals surface area contributed by atoms with E-state index in [4.69, 9.17) is 16.3 Å². The van der Waals surface area contributed by atoms with Crippen molar-refractivity contribution in [1.82, 2.24) is 5.32 Å². The average Bonchev–Trinajstić information content (AvgIpc) is 2.98. The molecule has 1 atom stereocenters. The molecule has 1 fully saturated rings. The Kier molecular flexibility index (Phi) is 6.30. The van der Waals surface area contributed by atoms with Crippen LogP contribution in [0.1, 0.15) is 18.1 Å². The third-order valence-corrected chi connectivity index (χ3v) is 5.10. The maximum absolute atomic E-state index is 12.1. The minimum atomic E-state index is -0.220. The molecule has 7 heteroatoms. The molecule has 2 aromatic rings. The van der Waals surface area contributed by atoms with Crippen LogP contribution in [0.4, 0.5) is 0 Å². The molecule has 1 N–H and O–H groups in total. The summed E-state index contributed by atoms with van der Waals surface area (Å²) in [6.07, 6.45) is 2.19. The Morgan fingerprint density at radius 3 is 2.73 bits per heavy atom. The lowest BCUT2D eigenvalue weighted by atomic mass is 10.1. The Bertz CT molecular complexity index is 837. The van der Waals surface area contributed by atoms with Crippen molar-refractivity contribution in [2.75, 3.05) is 6.61 Å². The molecule has 26 heavy (non-hydrogen) atoms. The monoisotopic (exact) mass is 387 g/mol. The van der Waals surface area contributed by atoms with E-state index in [0.717, 1.165) is 16.9 Å². The van der Waals surface area contributed by atoms with Gasteiger partial charge < -0.3 is 10.1 Å². The Morgan fingerprint density at radius 2 is 2.00 bits per heavy atom. The third kappa shape index (κ3) is 4.86. The van der Waals surface area contributed by atoms with Crippen LogP contribution in [0.3, 0.4) is 0 Å². The van der Waals surface area contributed by atoms with Gasteiger partial charge in [-0.3, -0.25) is 4.79 Å². The standard InChI is InChI=1S/C19H18ClN3O2S/c1-2-25-15-9-7-13(8-10-15)11-17-18(24)22-19(26-17)23-21-12-14-5-3-4-6-16(14)20/h3-10,12,17H,2,11H2,1H3,(H,22,23,24)/b21-12-/t17-/m0/s1. The highest BCUT2D eigenvalue weighted by Crippen LogP contribution is 2.24. The van der Waals surface area contributed by atoms with E-state index in [1.54, 1.807) is 12.3 Å². The first-order valence-corrected chi connectivity index (χ1v) is 9.46. The van der Waals surface area contributed by atoms with Crippen LogP contribution in [0.5, 0.6) is 5.75 Å². The van der Waals surface area contributed by atoms with Gasteiger partial charge in [0.2, 0.25) is 5.91 Å². The number of hydrogen-bond donors (Lipinski definition) is 1. The Morgan fingerprint density at radius 1 is 1.23 bits per heavy atom. The van der Waals surface area contributed by atoms with Gasteiger partial charge in [0.1, 0.15) is 5.75 Å². The van der Waals surface area contributed by atoms with Crippen molar-refractivity contribution >= 4 is 40.7 Å². The predicted molar refractivity (Wildman–Crippen MR) is 107 cm³/mol. The second-order valence-corrected chi connectivity index (χ2v) is 7.15. The maximum Gasteiger partial charge on any atom is 0.239 e. The van der Waals surface area contributed by atoms with E-state index >= 15 is 0 Å². The Balaban J connectivity index is 1.60. The smallest absolute Gasteiger partial charge is 0.239 e. The molecule has 1 saturated heterocycles. The molecule has 2 aromatic carbocycles. The minimum absolute atomic E-state index is 0.0596. The predicted octanol–water partition coefficient (Wildman–Crippen LogP) is 3.90. The second-order valence-electron chi connectivity index (χ2n) is 5.55. The lowest BCUT2D eigenvalue weighted by molar-refractivity contribution is -0.118. The highest BCUT2D eigenvalue weighted by molar-refractivity contribution is 8.15. The van der Waals surface area contributed by atoms with E-state index in [2.05, 4.69) is 15.5 Å². The summed E-state index contributed by atoms with van der Waals surface area (Å²) in [5.41, 5.74) is 1.85. The number of nitrogens with one attached hydrogen (secondary N) is 1. The van der Waals surface area contributed by atoms with Crippen molar-refractivity contribution in [3.05, 3.63) is 64.7 Å². The van der Waals surface area contributed by atoms with Crippen LogP contribution >= 0.6 is 23.4 Å². The molecule has 0 aromatic heterocycles. The number of thioether (sulfide) groups is 1. The van der Waals surface area contributed by atoms with Crippen molar-refractivity contribution in [2.45, 2.75) is 18.6 Å². The summed E-state index contributed by atoms with van der Waals surface area (Å²) in [4.78, 5) is 12.1. The largest absolute Gasteiger partial charge is 0.494 e. The van der Waals surface area contributed by atoms with Gasteiger partial charge in [0.15, 0.2) is 5.17 Å². The quantitative estimate of drug-likeness (QED) is 0.604.